The topological polar surface area (TPSA) is 85.2 Å². The molecule has 0 fully saturated rings. The Morgan fingerprint density at radius 2 is 1.71 bits per heavy atom. The number of benzene rings is 3. The van der Waals surface area contributed by atoms with Gasteiger partial charge in [-0.15, -0.1) is 0 Å². The summed E-state index contributed by atoms with van der Waals surface area (Å²) in [7, 11) is 6.56. The molecule has 0 radical (unpaired) electrons. The molecule has 38 heavy (non-hydrogen) atoms. The summed E-state index contributed by atoms with van der Waals surface area (Å²) in [6.07, 6.45) is 3.76. The van der Waals surface area contributed by atoms with E-state index >= 15 is 0 Å². The fourth-order valence-corrected chi connectivity index (χ4v) is 5.40. The predicted molar refractivity (Wildman–Crippen MR) is 140 cm³/mol. The van der Waals surface area contributed by atoms with Crippen LogP contribution in [-0.4, -0.2) is 37.6 Å². The van der Waals surface area contributed by atoms with E-state index in [0.717, 1.165) is 16.5 Å². The van der Waals surface area contributed by atoms with Gasteiger partial charge in [-0.3, -0.25) is 9.59 Å². The van der Waals surface area contributed by atoms with Crippen LogP contribution in [0, 0.1) is 0 Å². The van der Waals surface area contributed by atoms with Crippen molar-refractivity contribution in [3.63, 3.8) is 0 Å². The molecule has 0 N–H and O–H groups in total. The fourth-order valence-electron chi connectivity index (χ4n) is 5.40. The van der Waals surface area contributed by atoms with Crippen molar-refractivity contribution in [1.82, 2.24) is 4.57 Å². The van der Waals surface area contributed by atoms with Crippen molar-refractivity contribution in [3.05, 3.63) is 82.7 Å². The minimum Gasteiger partial charge on any atom is -0.493 e. The third kappa shape index (κ3) is 3.52. The number of para-hydroxylation sites is 1. The summed E-state index contributed by atoms with van der Waals surface area (Å²) in [4.78, 5) is 26.1. The molecule has 192 valence electrons. The third-order valence-corrected chi connectivity index (χ3v) is 7.10. The number of carbonyl (C=O) groups is 2. The molecular formula is C30H25NO7. The number of allylic oxidation sites excluding steroid dienone is 1. The summed E-state index contributed by atoms with van der Waals surface area (Å²) in [5.41, 5.74) is 3.64. The van der Waals surface area contributed by atoms with E-state index < -0.39 is 11.9 Å². The summed E-state index contributed by atoms with van der Waals surface area (Å²) < 4.78 is 30.6. The van der Waals surface area contributed by atoms with Crippen molar-refractivity contribution in [1.29, 1.82) is 0 Å². The maximum atomic E-state index is 13.5. The van der Waals surface area contributed by atoms with Crippen LogP contribution >= 0.6 is 0 Å². The molecule has 3 aromatic carbocycles. The van der Waals surface area contributed by atoms with E-state index in [1.807, 2.05) is 48.1 Å². The number of hydrogen-bond donors (Lipinski definition) is 0. The molecule has 3 heterocycles. The van der Waals surface area contributed by atoms with Crippen molar-refractivity contribution in [2.75, 3.05) is 21.3 Å². The molecule has 1 aromatic heterocycles. The lowest BCUT2D eigenvalue weighted by Gasteiger charge is -2.28. The zero-order chi connectivity index (χ0) is 26.6. The lowest BCUT2D eigenvalue weighted by atomic mass is 9.84. The van der Waals surface area contributed by atoms with E-state index in [0.29, 0.717) is 45.4 Å². The first kappa shape index (κ1) is 23.7. The highest BCUT2D eigenvalue weighted by molar-refractivity contribution is 6.15. The first-order valence-corrected chi connectivity index (χ1v) is 12.1. The normalized spacial score (nSPS) is 17.2. The van der Waals surface area contributed by atoms with Gasteiger partial charge in [0.05, 0.1) is 33.3 Å². The van der Waals surface area contributed by atoms with E-state index in [4.69, 9.17) is 23.7 Å². The number of aromatic nitrogens is 1. The molecule has 0 amide bonds. The van der Waals surface area contributed by atoms with Crippen LogP contribution in [0.4, 0.5) is 0 Å². The molecule has 0 aliphatic carbocycles. The molecule has 0 saturated heterocycles. The Labute approximate surface area is 218 Å². The first-order valence-electron chi connectivity index (χ1n) is 12.1. The summed E-state index contributed by atoms with van der Waals surface area (Å²) in [6, 6.07) is 14.8. The highest BCUT2D eigenvalue weighted by Gasteiger charge is 2.40. The number of aryl methyl sites for hydroxylation is 1. The number of ether oxygens (including phenoxy) is 5. The minimum absolute atomic E-state index is 0.0369. The highest BCUT2D eigenvalue weighted by atomic mass is 16.5. The number of ketones is 1. The van der Waals surface area contributed by atoms with Gasteiger partial charge in [0, 0.05) is 46.8 Å². The van der Waals surface area contributed by atoms with Crippen LogP contribution in [0.1, 0.15) is 39.4 Å². The Morgan fingerprint density at radius 3 is 2.47 bits per heavy atom. The Kier molecular flexibility index (Phi) is 5.60. The zero-order valence-corrected chi connectivity index (χ0v) is 21.4. The van der Waals surface area contributed by atoms with Crippen LogP contribution in [-0.2, 0) is 11.8 Å². The lowest BCUT2D eigenvalue weighted by Crippen LogP contribution is -2.22. The zero-order valence-electron chi connectivity index (χ0n) is 21.4. The number of nitrogens with zero attached hydrogens (tertiary/aromatic N) is 1. The predicted octanol–water partition coefficient (Wildman–Crippen LogP) is 5.26. The molecule has 8 nitrogen and oxygen atoms in total. The molecule has 2 aliphatic heterocycles. The summed E-state index contributed by atoms with van der Waals surface area (Å²) >= 11 is 0. The Hall–Kier alpha value is -4.72. The van der Waals surface area contributed by atoms with E-state index in [9.17, 15) is 9.59 Å². The second kappa shape index (κ2) is 8.99. The summed E-state index contributed by atoms with van der Waals surface area (Å²) in [6.45, 7) is 0. The van der Waals surface area contributed by atoms with Gasteiger partial charge in [-0.1, -0.05) is 24.3 Å². The van der Waals surface area contributed by atoms with Crippen LogP contribution in [0.2, 0.25) is 0 Å². The molecule has 2 aliphatic rings. The monoisotopic (exact) mass is 511 g/mol. The van der Waals surface area contributed by atoms with Gasteiger partial charge in [0.25, 0.3) is 0 Å². The maximum absolute atomic E-state index is 13.5. The van der Waals surface area contributed by atoms with E-state index in [1.165, 1.54) is 14.2 Å². The van der Waals surface area contributed by atoms with Crippen LogP contribution in [0.15, 0.2) is 60.5 Å². The third-order valence-electron chi connectivity index (χ3n) is 7.10. The van der Waals surface area contributed by atoms with E-state index in [1.54, 1.807) is 31.4 Å². The van der Waals surface area contributed by atoms with Gasteiger partial charge >= 0.3 is 5.97 Å². The molecule has 0 spiro atoms. The SMILES string of the molecule is COc1ccc([C@H]2CC(=O)Oc3ccc4c(c32)O/C(=C\c2cn(C)c3ccccc23)C4=O)c(OC)c1OC. The van der Waals surface area contributed by atoms with Crippen LogP contribution in [0.25, 0.3) is 17.0 Å². The second-order valence-electron chi connectivity index (χ2n) is 9.16. The van der Waals surface area contributed by atoms with Crippen molar-refractivity contribution in [2.24, 2.45) is 7.05 Å². The van der Waals surface area contributed by atoms with Gasteiger partial charge in [-0.25, -0.2) is 0 Å². The molecule has 6 rings (SSSR count). The second-order valence-corrected chi connectivity index (χ2v) is 9.16. The van der Waals surface area contributed by atoms with Gasteiger partial charge in [0.1, 0.15) is 11.5 Å². The highest BCUT2D eigenvalue weighted by Crippen LogP contribution is 2.53. The summed E-state index contributed by atoms with van der Waals surface area (Å²) in [5.74, 6) is 1.16. The number of Topliss-reactive ketones (excluding diaryl/α,β-unsaturated/α-hetero) is 1. The van der Waals surface area contributed by atoms with Gasteiger partial charge in [-0.05, 0) is 30.3 Å². The molecule has 0 unspecified atom stereocenters. The molecular weight excluding hydrogens is 486 g/mol. The number of hydrogen-bond acceptors (Lipinski definition) is 7. The smallest absolute Gasteiger partial charge is 0.312 e. The first-order chi connectivity index (χ1) is 18.4. The molecule has 0 bridgehead atoms. The summed E-state index contributed by atoms with van der Waals surface area (Å²) in [5, 5.41) is 1.01. The molecule has 0 saturated carbocycles. The van der Waals surface area contributed by atoms with Gasteiger partial charge in [0.2, 0.25) is 11.5 Å². The minimum atomic E-state index is -0.499. The van der Waals surface area contributed by atoms with Gasteiger partial charge in [0.15, 0.2) is 17.3 Å². The number of rotatable bonds is 5. The molecule has 4 aromatic rings. The Bertz CT molecular complexity index is 1660. The number of carbonyl (C=O) groups excluding carboxylic acids is 2. The standard InChI is InChI=1S/C30H25NO7/c1-31-15-16(17-7-5-6-8-21(17)31)13-24-27(33)19-10-11-22-26(28(19)38-24)20(14-25(32)37-22)18-9-12-23(34-2)30(36-4)29(18)35-3/h5-13,15,20H,14H2,1-4H3/b24-13-/t20-/m1/s1. The average molecular weight is 512 g/mol. The van der Waals surface area contributed by atoms with Crippen LogP contribution in [0.3, 0.4) is 0 Å². The van der Waals surface area contributed by atoms with Crippen molar-refractivity contribution >= 4 is 28.7 Å². The fraction of sp³-hybridized carbons (Fsp3) is 0.200. The number of fused-ring (bicyclic) bond motifs is 4. The largest absolute Gasteiger partial charge is 0.493 e. The van der Waals surface area contributed by atoms with Crippen LogP contribution < -0.4 is 23.7 Å². The number of esters is 1. The van der Waals surface area contributed by atoms with Crippen molar-refractivity contribution in [2.45, 2.75) is 12.3 Å². The van der Waals surface area contributed by atoms with Crippen molar-refractivity contribution in [3.8, 4) is 28.7 Å². The lowest BCUT2D eigenvalue weighted by molar-refractivity contribution is -0.135. The molecule has 1 atom stereocenters. The Morgan fingerprint density at radius 1 is 0.921 bits per heavy atom. The van der Waals surface area contributed by atoms with E-state index in [-0.39, 0.29) is 18.0 Å². The maximum Gasteiger partial charge on any atom is 0.312 e. The van der Waals surface area contributed by atoms with Gasteiger partial charge < -0.3 is 28.3 Å². The molecule has 8 heteroatoms. The van der Waals surface area contributed by atoms with Crippen molar-refractivity contribution < 1.29 is 33.3 Å². The number of methoxy groups -OCH3 is 3. The van der Waals surface area contributed by atoms with Crippen LogP contribution in [0.5, 0.6) is 28.7 Å². The Balaban J connectivity index is 1.49. The van der Waals surface area contributed by atoms with Gasteiger partial charge in [-0.2, -0.15) is 0 Å². The average Bonchev–Trinajstić information content (AvgIpc) is 3.42. The quantitative estimate of drug-likeness (QED) is 0.205. The van der Waals surface area contributed by atoms with E-state index in [2.05, 4.69) is 0 Å².